The van der Waals surface area contributed by atoms with Gasteiger partial charge >= 0.3 is 6.36 Å². The molecule has 0 fully saturated rings. The van der Waals surface area contributed by atoms with E-state index in [1.165, 1.54) is 12.2 Å². The van der Waals surface area contributed by atoms with Gasteiger partial charge in [0.2, 0.25) is 0 Å². The van der Waals surface area contributed by atoms with E-state index in [9.17, 15) is 13.2 Å². The Labute approximate surface area is 91.7 Å². The highest BCUT2D eigenvalue weighted by Crippen LogP contribution is 2.23. The predicted molar refractivity (Wildman–Crippen MR) is 54.9 cm³/mol. The molecule has 1 unspecified atom stereocenters. The van der Waals surface area contributed by atoms with Crippen molar-refractivity contribution in [2.75, 3.05) is 7.05 Å². The summed E-state index contributed by atoms with van der Waals surface area (Å²) < 4.78 is 39.4. The van der Waals surface area contributed by atoms with E-state index < -0.39 is 6.36 Å². The first kappa shape index (κ1) is 12.6. The van der Waals surface area contributed by atoms with E-state index in [1.54, 1.807) is 20.0 Å². The van der Waals surface area contributed by atoms with Gasteiger partial charge in [-0.1, -0.05) is 6.08 Å². The van der Waals surface area contributed by atoms with Crippen molar-refractivity contribution in [2.45, 2.75) is 25.7 Å². The molecule has 0 aromatic heterocycles. The molecule has 6 heteroatoms. The Bertz CT molecular complexity index is 331. The van der Waals surface area contributed by atoms with Crippen molar-refractivity contribution in [1.82, 2.24) is 5.32 Å². The molecule has 3 nitrogen and oxygen atoms in total. The molecule has 0 radical (unpaired) electrons. The Hall–Kier alpha value is -1.46. The monoisotopic (exact) mass is 234 g/mol. The zero-order valence-electron chi connectivity index (χ0n) is 9.01. The number of halogens is 3. The Balaban J connectivity index is 2.47. The third kappa shape index (κ3) is 4.37. The highest BCUT2D eigenvalue weighted by molar-refractivity contribution is 5.79. The quantitative estimate of drug-likeness (QED) is 0.588. The predicted octanol–water partition coefficient (Wildman–Crippen LogP) is 2.37. The maximum Gasteiger partial charge on any atom is 0.573 e. The molecule has 0 spiro atoms. The van der Waals surface area contributed by atoms with E-state index in [0.717, 1.165) is 5.84 Å². The average molecular weight is 234 g/mol. The van der Waals surface area contributed by atoms with E-state index >= 15 is 0 Å². The Morgan fingerprint density at radius 3 is 2.69 bits per heavy atom. The van der Waals surface area contributed by atoms with Gasteiger partial charge in [-0.15, -0.1) is 13.2 Å². The first-order chi connectivity index (χ1) is 7.40. The van der Waals surface area contributed by atoms with Crippen molar-refractivity contribution >= 4 is 5.84 Å². The second-order valence-corrected chi connectivity index (χ2v) is 3.31. The maximum absolute atomic E-state index is 11.9. The van der Waals surface area contributed by atoms with Gasteiger partial charge in [0, 0.05) is 13.1 Å². The minimum Gasteiger partial charge on any atom is -0.406 e. The Morgan fingerprint density at radius 2 is 2.25 bits per heavy atom. The number of ether oxygens (including phenoxy) is 1. The van der Waals surface area contributed by atoms with Crippen LogP contribution in [0.3, 0.4) is 0 Å². The van der Waals surface area contributed by atoms with E-state index in [1.807, 2.05) is 0 Å². The number of nitrogens with one attached hydrogen (secondary N) is 1. The summed E-state index contributed by atoms with van der Waals surface area (Å²) in [5.41, 5.74) is 0. The molecule has 0 aromatic rings. The largest absolute Gasteiger partial charge is 0.573 e. The lowest BCUT2D eigenvalue weighted by molar-refractivity contribution is -0.303. The fourth-order valence-corrected chi connectivity index (χ4v) is 1.25. The molecule has 16 heavy (non-hydrogen) atoms. The van der Waals surface area contributed by atoms with Crippen molar-refractivity contribution in [3.05, 3.63) is 24.0 Å². The van der Waals surface area contributed by atoms with Gasteiger partial charge in [0.1, 0.15) is 5.76 Å². The number of alkyl halides is 3. The van der Waals surface area contributed by atoms with Gasteiger partial charge in [0.05, 0.1) is 5.84 Å². The van der Waals surface area contributed by atoms with Gasteiger partial charge in [-0.3, -0.25) is 4.99 Å². The van der Waals surface area contributed by atoms with Crippen LogP contribution in [-0.4, -0.2) is 25.3 Å². The molecule has 0 saturated carbocycles. The Kier molecular flexibility index (Phi) is 3.98. The lowest BCUT2D eigenvalue weighted by Gasteiger charge is -2.19. The maximum atomic E-state index is 11.9. The summed E-state index contributed by atoms with van der Waals surface area (Å²) in [5.74, 6) is 0.569. The average Bonchev–Trinajstić information content (AvgIpc) is 2.18. The molecular formula is C10H13F3N2O. The van der Waals surface area contributed by atoms with Crippen LogP contribution in [0.2, 0.25) is 0 Å². The standard InChI is InChI=1S/C10H13F3N2O/c1-7(14-2)15-8-3-5-9(6-4-8)16-10(11,12)13/h3,5-6,8H,4H2,1-2H3,(H,14,15). The molecule has 0 aromatic carbocycles. The molecule has 1 N–H and O–H groups in total. The van der Waals surface area contributed by atoms with Crippen LogP contribution >= 0.6 is 0 Å². The van der Waals surface area contributed by atoms with Gasteiger partial charge in [-0.05, 0) is 25.5 Å². The molecule has 1 rings (SSSR count). The summed E-state index contributed by atoms with van der Waals surface area (Å²) in [4.78, 5) is 3.90. The van der Waals surface area contributed by atoms with Gasteiger partial charge in [-0.25, -0.2) is 0 Å². The number of hydrogen-bond donors (Lipinski definition) is 1. The lowest BCUT2D eigenvalue weighted by atomic mass is 10.1. The molecule has 1 atom stereocenters. The van der Waals surface area contributed by atoms with Crippen LogP contribution in [0.1, 0.15) is 13.3 Å². The second-order valence-electron chi connectivity index (χ2n) is 3.31. The highest BCUT2D eigenvalue weighted by Gasteiger charge is 2.31. The number of nitrogens with zero attached hydrogens (tertiary/aromatic N) is 1. The fraction of sp³-hybridized carbons (Fsp3) is 0.500. The van der Waals surface area contributed by atoms with Gasteiger partial charge in [0.15, 0.2) is 0 Å². The summed E-state index contributed by atoms with van der Waals surface area (Å²) in [7, 11) is 1.64. The number of amidine groups is 1. The molecule has 1 aliphatic carbocycles. The third-order valence-corrected chi connectivity index (χ3v) is 2.03. The summed E-state index contributed by atoms with van der Waals surface area (Å²) >= 11 is 0. The summed E-state index contributed by atoms with van der Waals surface area (Å²) in [6.45, 7) is 1.79. The number of allylic oxidation sites excluding steroid dienone is 1. The molecule has 0 bridgehead atoms. The smallest absolute Gasteiger partial charge is 0.406 e. The minimum absolute atomic E-state index is 0.0377. The van der Waals surface area contributed by atoms with E-state index in [2.05, 4.69) is 15.0 Å². The van der Waals surface area contributed by atoms with Crippen LogP contribution < -0.4 is 5.32 Å². The van der Waals surface area contributed by atoms with Crippen LogP contribution in [0, 0.1) is 0 Å². The summed E-state index contributed by atoms with van der Waals surface area (Å²) in [5, 5.41) is 3.03. The fourth-order valence-electron chi connectivity index (χ4n) is 1.25. The van der Waals surface area contributed by atoms with E-state index in [-0.39, 0.29) is 11.8 Å². The second kappa shape index (κ2) is 5.05. The SMILES string of the molecule is CN=C(C)NC1C=CC(OC(F)(F)F)=CC1. The van der Waals surface area contributed by atoms with Gasteiger partial charge < -0.3 is 10.1 Å². The number of rotatable bonds is 2. The molecule has 1 aliphatic rings. The molecule has 0 amide bonds. The lowest BCUT2D eigenvalue weighted by Crippen LogP contribution is -2.32. The van der Waals surface area contributed by atoms with Crippen molar-refractivity contribution in [2.24, 2.45) is 4.99 Å². The summed E-state index contributed by atoms with van der Waals surface area (Å²) in [6, 6.07) is -0.0377. The van der Waals surface area contributed by atoms with Crippen molar-refractivity contribution < 1.29 is 17.9 Å². The van der Waals surface area contributed by atoms with E-state index in [0.29, 0.717) is 6.42 Å². The molecular weight excluding hydrogens is 221 g/mol. The van der Waals surface area contributed by atoms with Crippen LogP contribution in [0.15, 0.2) is 29.0 Å². The van der Waals surface area contributed by atoms with Crippen molar-refractivity contribution in [3.8, 4) is 0 Å². The Morgan fingerprint density at radius 1 is 1.56 bits per heavy atom. The highest BCUT2D eigenvalue weighted by atomic mass is 19.4. The minimum atomic E-state index is -4.63. The van der Waals surface area contributed by atoms with Gasteiger partial charge in [0.25, 0.3) is 0 Å². The summed E-state index contributed by atoms with van der Waals surface area (Å²) in [6.07, 6.45) is 0.132. The molecule has 0 saturated heterocycles. The van der Waals surface area contributed by atoms with Crippen LogP contribution in [0.25, 0.3) is 0 Å². The first-order valence-electron chi connectivity index (χ1n) is 4.75. The van der Waals surface area contributed by atoms with Crippen molar-refractivity contribution in [1.29, 1.82) is 0 Å². The number of hydrogen-bond acceptors (Lipinski definition) is 2. The zero-order chi connectivity index (χ0) is 12.2. The van der Waals surface area contributed by atoms with Crippen LogP contribution in [-0.2, 0) is 4.74 Å². The first-order valence-corrected chi connectivity index (χ1v) is 4.75. The van der Waals surface area contributed by atoms with Gasteiger partial charge in [-0.2, -0.15) is 0 Å². The van der Waals surface area contributed by atoms with E-state index in [4.69, 9.17) is 0 Å². The molecule has 0 aliphatic heterocycles. The molecule has 90 valence electrons. The third-order valence-electron chi connectivity index (χ3n) is 2.03. The van der Waals surface area contributed by atoms with Crippen LogP contribution in [0.4, 0.5) is 13.2 Å². The van der Waals surface area contributed by atoms with Crippen LogP contribution in [0.5, 0.6) is 0 Å². The molecule has 0 heterocycles. The van der Waals surface area contributed by atoms with Crippen molar-refractivity contribution in [3.63, 3.8) is 0 Å². The normalized spacial score (nSPS) is 21.7. The topological polar surface area (TPSA) is 33.6 Å². The zero-order valence-corrected chi connectivity index (χ0v) is 9.01. The number of aliphatic imine (C=N–C) groups is 1.